The molecule has 7 rings (SSSR count). The van der Waals surface area contributed by atoms with Crippen LogP contribution in [0.5, 0.6) is 5.88 Å². The van der Waals surface area contributed by atoms with Gasteiger partial charge in [0, 0.05) is 43.5 Å². The second kappa shape index (κ2) is 12.1. The molecule has 4 aromatic heterocycles. The molecule has 0 saturated carbocycles. The molecule has 1 unspecified atom stereocenters. The maximum absolute atomic E-state index is 15.6. The topological polar surface area (TPSA) is 117 Å². The standard InChI is InChI=1S/C33H28F2N6O4S/c1-18-32(21-14-36-40(2)15-21)46-31(37-18)17-45-30-5-3-4-26(39-30)23-13-24(34)20(10-25(23)35)12-29-38-27-7-6-19(33(42)43)11-28(27)41(29)16-22-8-9-44-22/h3-7,10-11,13-15,22H,8-9,12,16-17H2,1-2H3,(H,42,43). The first-order valence-corrected chi connectivity index (χ1v) is 15.4. The molecule has 0 bridgehead atoms. The van der Waals surface area contributed by atoms with Crippen LogP contribution in [0.1, 0.15) is 38.9 Å². The van der Waals surface area contributed by atoms with Crippen molar-refractivity contribution in [3.8, 4) is 27.6 Å². The summed E-state index contributed by atoms with van der Waals surface area (Å²) in [5.41, 5.74) is 3.47. The van der Waals surface area contributed by atoms with Gasteiger partial charge >= 0.3 is 5.97 Å². The van der Waals surface area contributed by atoms with Crippen LogP contribution in [0.25, 0.3) is 32.7 Å². The van der Waals surface area contributed by atoms with Gasteiger partial charge in [-0.3, -0.25) is 4.68 Å². The maximum atomic E-state index is 15.6. The van der Waals surface area contributed by atoms with E-state index >= 15 is 8.78 Å². The molecule has 10 nitrogen and oxygen atoms in total. The molecule has 1 fully saturated rings. The Balaban J connectivity index is 1.12. The number of hydrogen-bond acceptors (Lipinski definition) is 8. The van der Waals surface area contributed by atoms with Crippen LogP contribution in [0, 0.1) is 18.6 Å². The highest BCUT2D eigenvalue weighted by Crippen LogP contribution is 2.31. The lowest BCUT2D eigenvalue weighted by Gasteiger charge is -2.27. The summed E-state index contributed by atoms with van der Waals surface area (Å²) in [6, 6.07) is 11.9. The molecular weight excluding hydrogens is 614 g/mol. The van der Waals surface area contributed by atoms with Crippen LogP contribution in [0.2, 0.25) is 0 Å². The van der Waals surface area contributed by atoms with Crippen LogP contribution in [0.15, 0.2) is 60.9 Å². The summed E-state index contributed by atoms with van der Waals surface area (Å²) in [6.07, 6.45) is 4.49. The number of ether oxygens (including phenoxy) is 2. The fraction of sp³-hybridized carbons (Fsp3) is 0.242. The highest BCUT2D eigenvalue weighted by molar-refractivity contribution is 7.15. The molecular formula is C33H28F2N6O4S. The number of carboxylic acids is 1. The SMILES string of the molecule is Cc1nc(COc2cccc(-c3cc(F)c(Cc4nc5ccc(C(=O)O)cc5n4CC4CCO4)cc3F)n2)sc1-c1cnn(C)c1. The van der Waals surface area contributed by atoms with Gasteiger partial charge in [-0.2, -0.15) is 5.10 Å². The number of hydrogen-bond donors (Lipinski definition) is 1. The number of rotatable bonds is 10. The molecule has 2 aromatic carbocycles. The van der Waals surface area contributed by atoms with E-state index in [-0.39, 0.29) is 47.4 Å². The fourth-order valence-electron chi connectivity index (χ4n) is 5.47. The first kappa shape index (κ1) is 29.7. The van der Waals surface area contributed by atoms with Crippen LogP contribution < -0.4 is 4.74 Å². The van der Waals surface area contributed by atoms with Gasteiger partial charge in [0.1, 0.15) is 29.1 Å². The Morgan fingerprint density at radius 2 is 1.98 bits per heavy atom. The summed E-state index contributed by atoms with van der Waals surface area (Å²) in [7, 11) is 1.86. The van der Waals surface area contributed by atoms with Crippen molar-refractivity contribution in [3.63, 3.8) is 0 Å². The molecule has 1 aliphatic heterocycles. The summed E-state index contributed by atoms with van der Waals surface area (Å²) >= 11 is 1.50. The number of nitrogens with zero attached hydrogens (tertiary/aromatic N) is 6. The Hall–Kier alpha value is -5.01. The lowest BCUT2D eigenvalue weighted by atomic mass is 10.0. The molecule has 46 heavy (non-hydrogen) atoms. The predicted molar refractivity (Wildman–Crippen MR) is 167 cm³/mol. The third-order valence-corrected chi connectivity index (χ3v) is 9.07. The number of fused-ring (bicyclic) bond motifs is 1. The lowest BCUT2D eigenvalue weighted by Crippen LogP contribution is -2.31. The Labute approximate surface area is 265 Å². The predicted octanol–water partition coefficient (Wildman–Crippen LogP) is 6.20. The van der Waals surface area contributed by atoms with E-state index in [0.29, 0.717) is 30.0 Å². The van der Waals surface area contributed by atoms with Gasteiger partial charge in [-0.25, -0.2) is 28.5 Å². The number of imidazole rings is 1. The minimum absolute atomic E-state index is 0.00173. The van der Waals surface area contributed by atoms with Gasteiger partial charge in [0.25, 0.3) is 0 Å². The molecule has 5 heterocycles. The van der Waals surface area contributed by atoms with Crippen molar-refractivity contribution in [2.75, 3.05) is 6.61 Å². The van der Waals surface area contributed by atoms with Crippen LogP contribution in [0.3, 0.4) is 0 Å². The lowest BCUT2D eigenvalue weighted by molar-refractivity contribution is -0.0589. The quantitative estimate of drug-likeness (QED) is 0.188. The zero-order chi connectivity index (χ0) is 31.9. The van der Waals surface area contributed by atoms with E-state index in [0.717, 1.165) is 39.7 Å². The number of pyridine rings is 1. The minimum atomic E-state index is -1.06. The monoisotopic (exact) mass is 642 g/mol. The van der Waals surface area contributed by atoms with Gasteiger partial charge in [-0.15, -0.1) is 11.3 Å². The second-order valence-electron chi connectivity index (χ2n) is 11.1. The normalized spacial score (nSPS) is 14.5. The Kier molecular flexibility index (Phi) is 7.79. The number of carbonyl (C=O) groups is 1. The van der Waals surface area contributed by atoms with Crippen molar-refractivity contribution >= 4 is 28.3 Å². The van der Waals surface area contributed by atoms with Crippen LogP contribution in [-0.2, 0) is 31.4 Å². The fourth-order valence-corrected chi connectivity index (χ4v) is 6.42. The molecule has 13 heteroatoms. The minimum Gasteiger partial charge on any atom is -0.478 e. The third kappa shape index (κ3) is 5.86. The summed E-state index contributed by atoms with van der Waals surface area (Å²) in [4.78, 5) is 26.3. The summed E-state index contributed by atoms with van der Waals surface area (Å²) in [5.74, 6) is -1.58. The van der Waals surface area contributed by atoms with Crippen molar-refractivity contribution in [1.82, 2.24) is 29.3 Å². The smallest absolute Gasteiger partial charge is 0.335 e. The van der Waals surface area contributed by atoms with E-state index in [1.807, 2.05) is 24.7 Å². The number of benzene rings is 2. The zero-order valence-electron chi connectivity index (χ0n) is 24.9. The zero-order valence-corrected chi connectivity index (χ0v) is 25.7. The van der Waals surface area contributed by atoms with E-state index in [1.54, 1.807) is 41.2 Å². The van der Waals surface area contributed by atoms with Gasteiger partial charge in [0.2, 0.25) is 5.88 Å². The Bertz CT molecular complexity index is 2100. The number of aryl methyl sites for hydroxylation is 2. The highest BCUT2D eigenvalue weighted by Gasteiger charge is 2.24. The first-order chi connectivity index (χ1) is 22.2. The number of halogens is 2. The summed E-state index contributed by atoms with van der Waals surface area (Å²) in [5, 5.41) is 14.5. The van der Waals surface area contributed by atoms with E-state index < -0.39 is 17.6 Å². The van der Waals surface area contributed by atoms with Gasteiger partial charge in [-0.1, -0.05) is 6.07 Å². The van der Waals surface area contributed by atoms with Crippen molar-refractivity contribution in [3.05, 3.63) is 100 Å². The number of carboxylic acid groups (broad SMARTS) is 1. The third-order valence-electron chi connectivity index (χ3n) is 7.89. The average Bonchev–Trinajstić information content (AvgIpc) is 3.71. The van der Waals surface area contributed by atoms with E-state index in [9.17, 15) is 9.90 Å². The highest BCUT2D eigenvalue weighted by atomic mass is 32.1. The first-order valence-electron chi connectivity index (χ1n) is 14.6. The summed E-state index contributed by atoms with van der Waals surface area (Å²) < 4.78 is 46.2. The van der Waals surface area contributed by atoms with Crippen molar-refractivity contribution in [1.29, 1.82) is 0 Å². The van der Waals surface area contributed by atoms with Crippen LogP contribution in [0.4, 0.5) is 8.78 Å². The molecule has 1 N–H and O–H groups in total. The molecule has 0 radical (unpaired) electrons. The molecule has 6 aromatic rings. The maximum Gasteiger partial charge on any atom is 0.335 e. The average molecular weight is 643 g/mol. The Morgan fingerprint density at radius 3 is 2.72 bits per heavy atom. The number of aromatic nitrogens is 6. The van der Waals surface area contributed by atoms with Gasteiger partial charge in [0.05, 0.1) is 51.7 Å². The van der Waals surface area contributed by atoms with Gasteiger partial charge in [-0.05, 0) is 55.3 Å². The Morgan fingerprint density at radius 1 is 1.13 bits per heavy atom. The molecule has 0 spiro atoms. The van der Waals surface area contributed by atoms with Gasteiger partial charge in [0.15, 0.2) is 0 Å². The molecule has 0 amide bonds. The van der Waals surface area contributed by atoms with Crippen molar-refractivity contribution in [2.24, 2.45) is 7.05 Å². The van der Waals surface area contributed by atoms with E-state index in [1.165, 1.54) is 17.4 Å². The molecule has 1 saturated heterocycles. The largest absolute Gasteiger partial charge is 0.478 e. The van der Waals surface area contributed by atoms with E-state index in [4.69, 9.17) is 9.47 Å². The van der Waals surface area contributed by atoms with Crippen molar-refractivity contribution < 1.29 is 28.2 Å². The number of aromatic carboxylic acids is 1. The molecule has 1 aliphatic rings. The second-order valence-corrected chi connectivity index (χ2v) is 12.2. The summed E-state index contributed by atoms with van der Waals surface area (Å²) in [6.45, 7) is 3.17. The molecule has 1 atom stereocenters. The van der Waals surface area contributed by atoms with Crippen LogP contribution in [-0.4, -0.2) is 53.1 Å². The van der Waals surface area contributed by atoms with Crippen molar-refractivity contribution in [2.45, 2.75) is 39.0 Å². The number of thiazole rings is 1. The molecule has 234 valence electrons. The van der Waals surface area contributed by atoms with Gasteiger partial charge < -0.3 is 19.1 Å². The molecule has 0 aliphatic carbocycles. The van der Waals surface area contributed by atoms with Crippen LogP contribution >= 0.6 is 11.3 Å². The van der Waals surface area contributed by atoms with E-state index in [2.05, 4.69) is 20.1 Å².